The molecule has 0 aliphatic rings. The number of nitrogens with two attached hydrogens (primary N) is 2. The van der Waals surface area contributed by atoms with Crippen LogP contribution in [0.3, 0.4) is 0 Å². The number of hydrogen-bond donors (Lipinski definition) is 2. The van der Waals surface area contributed by atoms with Crippen molar-refractivity contribution in [3.8, 4) is 0 Å². The van der Waals surface area contributed by atoms with E-state index in [-0.39, 0.29) is 23.6 Å². The molecule has 0 aromatic carbocycles. The van der Waals surface area contributed by atoms with Gasteiger partial charge in [0.05, 0.1) is 30.5 Å². The quantitative estimate of drug-likeness (QED) is 0.754. The number of halogens is 2. The molecule has 0 spiro atoms. The average molecular weight is 231 g/mol. The number of nitrogen functional groups attached to an aromatic ring is 2. The van der Waals surface area contributed by atoms with Crippen molar-refractivity contribution < 1.29 is 18.3 Å². The molecule has 88 valence electrons. The van der Waals surface area contributed by atoms with E-state index in [1.54, 1.807) is 0 Å². The van der Waals surface area contributed by atoms with Gasteiger partial charge in [-0.1, -0.05) is 0 Å². The zero-order chi connectivity index (χ0) is 12.3. The lowest BCUT2D eigenvalue weighted by Gasteiger charge is -2.09. The van der Waals surface area contributed by atoms with Crippen LogP contribution in [0.4, 0.5) is 20.3 Å². The van der Waals surface area contributed by atoms with Crippen LogP contribution in [0.1, 0.15) is 17.7 Å². The van der Waals surface area contributed by atoms with E-state index < -0.39 is 18.0 Å². The van der Waals surface area contributed by atoms with Gasteiger partial charge >= 0.3 is 5.97 Å². The zero-order valence-electron chi connectivity index (χ0n) is 8.54. The molecule has 4 N–H and O–H groups in total. The molecular formula is C9H11F2N3O2. The minimum atomic E-state index is -2.75. The number of hydrogen-bond acceptors (Lipinski definition) is 5. The highest BCUT2D eigenvalue weighted by atomic mass is 19.3. The van der Waals surface area contributed by atoms with E-state index in [0.717, 1.165) is 6.07 Å². The SMILES string of the molecule is COC(=O)Cc1nc(N)c(C(F)F)cc1N. The number of pyridine rings is 1. The molecule has 0 saturated carbocycles. The van der Waals surface area contributed by atoms with Gasteiger partial charge < -0.3 is 16.2 Å². The second kappa shape index (κ2) is 4.73. The molecule has 16 heavy (non-hydrogen) atoms. The van der Waals surface area contributed by atoms with Crippen molar-refractivity contribution in [3.05, 3.63) is 17.3 Å². The minimum Gasteiger partial charge on any atom is -0.469 e. The summed E-state index contributed by atoms with van der Waals surface area (Å²) in [6, 6.07) is 1.02. The van der Waals surface area contributed by atoms with Crippen molar-refractivity contribution in [1.29, 1.82) is 0 Å². The summed E-state index contributed by atoms with van der Waals surface area (Å²) in [5, 5.41) is 0. The van der Waals surface area contributed by atoms with Crippen LogP contribution in [0.25, 0.3) is 0 Å². The Balaban J connectivity index is 3.05. The number of ether oxygens (including phenoxy) is 1. The van der Waals surface area contributed by atoms with Crippen LogP contribution in [0.2, 0.25) is 0 Å². The van der Waals surface area contributed by atoms with Crippen LogP contribution in [-0.2, 0) is 16.0 Å². The number of carbonyl (C=O) groups excluding carboxylic acids is 1. The van der Waals surface area contributed by atoms with E-state index in [1.807, 2.05) is 0 Å². The summed E-state index contributed by atoms with van der Waals surface area (Å²) in [6.45, 7) is 0. The normalized spacial score (nSPS) is 10.5. The van der Waals surface area contributed by atoms with Crippen LogP contribution in [0.15, 0.2) is 6.07 Å². The van der Waals surface area contributed by atoms with Crippen molar-refractivity contribution >= 4 is 17.5 Å². The molecule has 0 bridgehead atoms. The fourth-order valence-electron chi connectivity index (χ4n) is 1.12. The Morgan fingerprint density at radius 3 is 2.69 bits per heavy atom. The maximum atomic E-state index is 12.4. The maximum absolute atomic E-state index is 12.4. The van der Waals surface area contributed by atoms with E-state index in [1.165, 1.54) is 7.11 Å². The summed E-state index contributed by atoms with van der Waals surface area (Å²) < 4.78 is 29.2. The molecule has 0 fully saturated rings. The van der Waals surface area contributed by atoms with E-state index in [4.69, 9.17) is 11.5 Å². The van der Waals surface area contributed by atoms with Crippen LogP contribution >= 0.6 is 0 Å². The third-order valence-corrected chi connectivity index (χ3v) is 1.97. The third kappa shape index (κ3) is 2.56. The number of anilines is 2. The van der Waals surface area contributed by atoms with Crippen molar-refractivity contribution in [2.24, 2.45) is 0 Å². The Morgan fingerprint density at radius 2 is 2.19 bits per heavy atom. The van der Waals surface area contributed by atoms with Crippen molar-refractivity contribution in [1.82, 2.24) is 4.98 Å². The van der Waals surface area contributed by atoms with Gasteiger partial charge in [-0.05, 0) is 6.07 Å². The highest BCUT2D eigenvalue weighted by Crippen LogP contribution is 2.27. The molecule has 7 heteroatoms. The van der Waals surface area contributed by atoms with Gasteiger partial charge in [-0.15, -0.1) is 0 Å². The largest absolute Gasteiger partial charge is 0.469 e. The first-order valence-corrected chi connectivity index (χ1v) is 4.35. The lowest BCUT2D eigenvalue weighted by atomic mass is 10.1. The fraction of sp³-hybridized carbons (Fsp3) is 0.333. The zero-order valence-corrected chi connectivity index (χ0v) is 8.54. The Labute approximate surface area is 90.4 Å². The van der Waals surface area contributed by atoms with E-state index >= 15 is 0 Å². The first kappa shape index (κ1) is 12.2. The van der Waals surface area contributed by atoms with Gasteiger partial charge in [-0.2, -0.15) is 0 Å². The molecule has 0 atom stereocenters. The molecular weight excluding hydrogens is 220 g/mol. The van der Waals surface area contributed by atoms with Crippen molar-refractivity contribution in [2.75, 3.05) is 18.6 Å². The monoisotopic (exact) mass is 231 g/mol. The molecule has 0 radical (unpaired) electrons. The fourth-order valence-corrected chi connectivity index (χ4v) is 1.12. The Morgan fingerprint density at radius 1 is 1.56 bits per heavy atom. The van der Waals surface area contributed by atoms with Crippen molar-refractivity contribution in [3.63, 3.8) is 0 Å². The molecule has 0 saturated heterocycles. The molecule has 0 aliphatic heterocycles. The summed E-state index contributed by atoms with van der Waals surface area (Å²) in [6.07, 6.45) is -2.95. The number of methoxy groups -OCH3 is 1. The van der Waals surface area contributed by atoms with Gasteiger partial charge in [-0.3, -0.25) is 4.79 Å². The summed E-state index contributed by atoms with van der Waals surface area (Å²) >= 11 is 0. The van der Waals surface area contributed by atoms with E-state index in [9.17, 15) is 13.6 Å². The van der Waals surface area contributed by atoms with Gasteiger partial charge in [0.15, 0.2) is 0 Å². The second-order valence-electron chi connectivity index (χ2n) is 3.05. The lowest BCUT2D eigenvalue weighted by molar-refractivity contribution is -0.139. The van der Waals surface area contributed by atoms with E-state index in [0.29, 0.717) is 0 Å². The predicted octanol–water partition coefficient (Wildman–Crippen LogP) is 0.899. The average Bonchev–Trinajstić information content (AvgIpc) is 2.22. The van der Waals surface area contributed by atoms with Gasteiger partial charge in [0.1, 0.15) is 5.82 Å². The summed E-state index contributed by atoms with van der Waals surface area (Å²) in [5.41, 5.74) is 10.5. The highest BCUT2D eigenvalue weighted by Gasteiger charge is 2.17. The molecule has 5 nitrogen and oxygen atoms in total. The molecule has 0 unspecified atom stereocenters. The smallest absolute Gasteiger partial charge is 0.311 e. The predicted molar refractivity (Wildman–Crippen MR) is 53.7 cm³/mol. The van der Waals surface area contributed by atoms with Crippen LogP contribution < -0.4 is 11.5 Å². The number of alkyl halides is 2. The van der Waals surface area contributed by atoms with Gasteiger partial charge in [0.2, 0.25) is 0 Å². The molecule has 1 aromatic heterocycles. The summed E-state index contributed by atoms with van der Waals surface area (Å²) in [5.74, 6) is -0.897. The number of rotatable bonds is 3. The Bertz CT molecular complexity index is 410. The molecule has 1 rings (SSSR count). The maximum Gasteiger partial charge on any atom is 0.311 e. The van der Waals surface area contributed by atoms with Gasteiger partial charge in [0, 0.05) is 0 Å². The number of esters is 1. The van der Waals surface area contributed by atoms with Crippen molar-refractivity contribution in [2.45, 2.75) is 12.8 Å². The molecule has 1 aromatic rings. The number of carbonyl (C=O) groups is 1. The summed E-state index contributed by atoms with van der Waals surface area (Å²) in [7, 11) is 1.20. The first-order valence-electron chi connectivity index (χ1n) is 4.35. The standard InChI is InChI=1S/C9H11F2N3O2/c1-16-7(15)3-6-5(12)2-4(8(10)11)9(13)14-6/h2,8H,3,12H2,1H3,(H2,13,14). The van der Waals surface area contributed by atoms with Crippen LogP contribution in [0.5, 0.6) is 0 Å². The number of nitrogens with zero attached hydrogens (tertiary/aromatic N) is 1. The second-order valence-corrected chi connectivity index (χ2v) is 3.05. The van der Waals surface area contributed by atoms with Crippen LogP contribution in [-0.4, -0.2) is 18.1 Å². The van der Waals surface area contributed by atoms with Gasteiger partial charge in [-0.25, -0.2) is 13.8 Å². The molecule has 0 aliphatic carbocycles. The minimum absolute atomic E-state index is 0.00472. The third-order valence-electron chi connectivity index (χ3n) is 1.97. The Kier molecular flexibility index (Phi) is 3.60. The van der Waals surface area contributed by atoms with E-state index in [2.05, 4.69) is 9.72 Å². The first-order chi connectivity index (χ1) is 7.45. The highest BCUT2D eigenvalue weighted by molar-refractivity contribution is 5.74. The number of aromatic nitrogens is 1. The molecule has 0 amide bonds. The van der Waals surface area contributed by atoms with Crippen LogP contribution in [0, 0.1) is 0 Å². The Hall–Kier alpha value is -1.92. The lowest BCUT2D eigenvalue weighted by Crippen LogP contribution is -2.11. The molecule has 1 heterocycles. The topological polar surface area (TPSA) is 91.2 Å². The van der Waals surface area contributed by atoms with Gasteiger partial charge in [0.25, 0.3) is 6.43 Å². The summed E-state index contributed by atoms with van der Waals surface area (Å²) in [4.78, 5) is 14.6.